The molecule has 2 aromatic carbocycles. The Kier molecular flexibility index (Phi) is 5.22. The molecule has 0 amide bonds. The van der Waals surface area contributed by atoms with E-state index in [2.05, 4.69) is 38.9 Å². The number of alkyl halides is 3. The number of aromatic amines is 1. The van der Waals surface area contributed by atoms with Crippen molar-refractivity contribution in [1.29, 1.82) is 0 Å². The molecule has 0 saturated heterocycles. The number of fused-ring (bicyclic) bond motifs is 1. The van der Waals surface area contributed by atoms with Crippen molar-refractivity contribution < 1.29 is 13.2 Å². The zero-order valence-electron chi connectivity index (χ0n) is 15.2. The van der Waals surface area contributed by atoms with Gasteiger partial charge in [0.05, 0.1) is 18.8 Å². The Bertz CT molecular complexity index is 952. The van der Waals surface area contributed by atoms with Crippen LogP contribution in [0.4, 0.5) is 13.2 Å². The van der Waals surface area contributed by atoms with Crippen LogP contribution in [-0.2, 0) is 6.42 Å². The molecule has 0 radical (unpaired) electrons. The monoisotopic (exact) mass is 497 g/mol. The van der Waals surface area contributed by atoms with Crippen LogP contribution in [0.5, 0.6) is 0 Å². The third kappa shape index (κ3) is 3.96. The first-order chi connectivity index (χ1) is 13.3. The van der Waals surface area contributed by atoms with Gasteiger partial charge in [-0.15, -0.1) is 0 Å². The van der Waals surface area contributed by atoms with Crippen LogP contribution in [0.15, 0.2) is 54.9 Å². The maximum atomic E-state index is 13.3. The van der Waals surface area contributed by atoms with E-state index in [1.807, 2.05) is 49.5 Å². The zero-order chi connectivity index (χ0) is 19.9. The summed E-state index contributed by atoms with van der Waals surface area (Å²) in [5.74, 6) is 0. The predicted molar refractivity (Wildman–Crippen MR) is 111 cm³/mol. The van der Waals surface area contributed by atoms with Crippen LogP contribution >= 0.6 is 22.6 Å². The molecular formula is C21H19F3IN3. The topological polar surface area (TPSA) is 31.9 Å². The molecule has 0 spiro atoms. The quantitative estimate of drug-likeness (QED) is 0.480. The lowest BCUT2D eigenvalue weighted by Crippen LogP contribution is -2.47. The first-order valence-corrected chi connectivity index (χ1v) is 10.1. The van der Waals surface area contributed by atoms with Crippen molar-refractivity contribution in [3.8, 4) is 11.1 Å². The van der Waals surface area contributed by atoms with Crippen LogP contribution in [0.1, 0.15) is 29.7 Å². The lowest BCUT2D eigenvalue weighted by molar-refractivity contribution is -0.155. The fourth-order valence-electron chi connectivity index (χ4n) is 3.98. The normalized spacial score (nSPS) is 20.2. The van der Waals surface area contributed by atoms with Gasteiger partial charge in [0, 0.05) is 21.4 Å². The molecule has 1 aromatic heterocycles. The van der Waals surface area contributed by atoms with Gasteiger partial charge in [0.15, 0.2) is 0 Å². The summed E-state index contributed by atoms with van der Waals surface area (Å²) < 4.78 is 41.1. The molecule has 28 heavy (non-hydrogen) atoms. The summed E-state index contributed by atoms with van der Waals surface area (Å²) >= 11 is 2.21. The lowest BCUT2D eigenvalue weighted by Gasteiger charge is -2.42. The van der Waals surface area contributed by atoms with E-state index in [0.717, 1.165) is 31.4 Å². The minimum Gasteiger partial charge on any atom is -0.285 e. The van der Waals surface area contributed by atoms with Gasteiger partial charge in [0.2, 0.25) is 0 Å². The molecule has 4 rings (SSSR count). The van der Waals surface area contributed by atoms with Crippen molar-refractivity contribution in [2.75, 3.05) is 6.54 Å². The van der Waals surface area contributed by atoms with Crippen molar-refractivity contribution in [1.82, 2.24) is 15.1 Å². The van der Waals surface area contributed by atoms with Crippen molar-refractivity contribution in [3.05, 3.63) is 75.1 Å². The molecule has 7 heteroatoms. The highest BCUT2D eigenvalue weighted by molar-refractivity contribution is 14.1. The van der Waals surface area contributed by atoms with Crippen LogP contribution in [0, 0.1) is 3.57 Å². The Morgan fingerprint density at radius 3 is 2.54 bits per heavy atom. The number of hydrogen-bond acceptors (Lipinski definition) is 2. The number of aromatic nitrogens is 2. The van der Waals surface area contributed by atoms with Gasteiger partial charge in [-0.3, -0.25) is 10.00 Å². The molecule has 2 atom stereocenters. The summed E-state index contributed by atoms with van der Waals surface area (Å²) in [6, 6.07) is 13.1. The second kappa shape index (κ2) is 7.51. The van der Waals surface area contributed by atoms with Gasteiger partial charge in [0.25, 0.3) is 0 Å². The van der Waals surface area contributed by atoms with Crippen LogP contribution < -0.4 is 0 Å². The Morgan fingerprint density at radius 1 is 1.14 bits per heavy atom. The Balaban J connectivity index is 1.81. The van der Waals surface area contributed by atoms with E-state index in [4.69, 9.17) is 0 Å². The van der Waals surface area contributed by atoms with Gasteiger partial charge in [-0.25, -0.2) is 0 Å². The molecule has 146 valence electrons. The second-order valence-corrected chi connectivity index (χ2v) is 8.44. The SMILES string of the molecule is C[C@@H]1Cc2cc(-c3cn[nH]c3)ccc2[C@@H](c2ccc(I)cc2)N1CC(F)(F)F. The highest BCUT2D eigenvalue weighted by Crippen LogP contribution is 2.41. The van der Waals surface area contributed by atoms with E-state index in [-0.39, 0.29) is 6.04 Å². The molecule has 0 bridgehead atoms. The number of rotatable bonds is 3. The molecule has 2 heterocycles. The number of nitrogens with zero attached hydrogens (tertiary/aromatic N) is 2. The summed E-state index contributed by atoms with van der Waals surface area (Å²) in [5, 5.41) is 6.80. The maximum Gasteiger partial charge on any atom is 0.401 e. The van der Waals surface area contributed by atoms with Crippen molar-refractivity contribution >= 4 is 22.6 Å². The van der Waals surface area contributed by atoms with E-state index in [1.54, 1.807) is 11.1 Å². The van der Waals surface area contributed by atoms with Gasteiger partial charge in [-0.1, -0.05) is 30.3 Å². The zero-order valence-corrected chi connectivity index (χ0v) is 17.3. The van der Waals surface area contributed by atoms with Crippen molar-refractivity contribution in [2.24, 2.45) is 0 Å². The van der Waals surface area contributed by atoms with Gasteiger partial charge >= 0.3 is 6.18 Å². The Labute approximate surface area is 175 Å². The third-order valence-electron chi connectivity index (χ3n) is 5.23. The number of benzene rings is 2. The van der Waals surface area contributed by atoms with Crippen molar-refractivity contribution in [2.45, 2.75) is 31.6 Å². The highest BCUT2D eigenvalue weighted by atomic mass is 127. The fraction of sp³-hybridized carbons (Fsp3) is 0.286. The summed E-state index contributed by atoms with van der Waals surface area (Å²) in [7, 11) is 0. The largest absolute Gasteiger partial charge is 0.401 e. The Morgan fingerprint density at radius 2 is 1.89 bits per heavy atom. The molecule has 1 aliphatic rings. The number of hydrogen-bond donors (Lipinski definition) is 1. The van der Waals surface area contributed by atoms with Gasteiger partial charge in [-0.05, 0) is 70.3 Å². The standard InChI is InChI=1S/C21H19F3IN3/c1-13-8-16-9-15(17-10-26-27-11-17)4-7-19(16)20(28(13)12-21(22,23)24)14-2-5-18(25)6-3-14/h2-7,9-11,13,20H,8,12H2,1H3,(H,26,27)/t13-,20-/m1/s1. The number of halogens is 4. The number of nitrogens with one attached hydrogen (secondary N) is 1. The Hall–Kier alpha value is -1.87. The highest BCUT2D eigenvalue weighted by Gasteiger charge is 2.40. The van der Waals surface area contributed by atoms with Gasteiger partial charge in [-0.2, -0.15) is 18.3 Å². The summed E-state index contributed by atoms with van der Waals surface area (Å²) in [6.07, 6.45) is -0.0942. The summed E-state index contributed by atoms with van der Waals surface area (Å²) in [5.41, 5.74) is 4.90. The van der Waals surface area contributed by atoms with Crippen LogP contribution in [-0.4, -0.2) is 33.9 Å². The molecule has 0 unspecified atom stereocenters. The van der Waals surface area contributed by atoms with E-state index < -0.39 is 18.8 Å². The summed E-state index contributed by atoms with van der Waals surface area (Å²) in [4.78, 5) is 1.57. The van der Waals surface area contributed by atoms with Gasteiger partial charge in [0.1, 0.15) is 0 Å². The molecule has 0 fully saturated rings. The van der Waals surface area contributed by atoms with E-state index >= 15 is 0 Å². The molecule has 3 nitrogen and oxygen atoms in total. The van der Waals surface area contributed by atoms with Crippen LogP contribution in [0.25, 0.3) is 11.1 Å². The molecule has 3 aromatic rings. The molecule has 1 N–H and O–H groups in total. The third-order valence-corrected chi connectivity index (χ3v) is 5.95. The fourth-order valence-corrected chi connectivity index (χ4v) is 4.34. The molecule has 1 aliphatic heterocycles. The average molecular weight is 497 g/mol. The van der Waals surface area contributed by atoms with Crippen LogP contribution in [0.2, 0.25) is 0 Å². The van der Waals surface area contributed by atoms with E-state index in [9.17, 15) is 13.2 Å². The second-order valence-electron chi connectivity index (χ2n) is 7.20. The molecule has 0 aliphatic carbocycles. The number of H-pyrrole nitrogens is 1. The van der Waals surface area contributed by atoms with E-state index in [0.29, 0.717) is 6.42 Å². The maximum absolute atomic E-state index is 13.3. The lowest BCUT2D eigenvalue weighted by atomic mass is 9.83. The molecular weight excluding hydrogens is 478 g/mol. The minimum absolute atomic E-state index is 0.224. The van der Waals surface area contributed by atoms with Crippen LogP contribution in [0.3, 0.4) is 0 Å². The minimum atomic E-state index is -4.25. The predicted octanol–water partition coefficient (Wildman–Crippen LogP) is 5.58. The first kappa shape index (κ1) is 19.4. The van der Waals surface area contributed by atoms with E-state index in [1.165, 1.54) is 0 Å². The van der Waals surface area contributed by atoms with Crippen molar-refractivity contribution in [3.63, 3.8) is 0 Å². The molecule has 0 saturated carbocycles. The first-order valence-electron chi connectivity index (χ1n) is 9.02. The van der Waals surface area contributed by atoms with Gasteiger partial charge < -0.3 is 0 Å². The average Bonchev–Trinajstić information content (AvgIpc) is 3.17. The smallest absolute Gasteiger partial charge is 0.285 e. The summed E-state index contributed by atoms with van der Waals surface area (Å²) in [6.45, 7) is 0.951.